The number of likely N-dealkylation sites (tertiary alicyclic amines) is 1. The Morgan fingerprint density at radius 2 is 1.85 bits per heavy atom. The van der Waals surface area contributed by atoms with Gasteiger partial charge in [-0.1, -0.05) is 63.6 Å². The van der Waals surface area contributed by atoms with Crippen LogP contribution in [0, 0.1) is 12.8 Å². The standard InChI is InChI=1S/C12H16.C10H17N.C3H9N/c1-10-6-2-5-9-12(10)11-7-3-4-8-11;1-4-5-10(3)11-7-6-9(2)8-11;1-2-3-4/h2,5-6,9,11H,3-4,7-8H2,1H3;4,9H,1,3,5-8H2,2H3;2-4H2,1H3/t;9-;/m.1./s1. The van der Waals surface area contributed by atoms with Gasteiger partial charge in [0.15, 0.2) is 0 Å². The number of benzene rings is 1. The third-order valence-corrected chi connectivity index (χ3v) is 5.52. The lowest BCUT2D eigenvalue weighted by molar-refractivity contribution is 0.405. The lowest BCUT2D eigenvalue weighted by Gasteiger charge is -2.19. The van der Waals surface area contributed by atoms with Gasteiger partial charge in [-0.15, -0.1) is 6.58 Å². The zero-order chi connectivity index (χ0) is 20.1. The summed E-state index contributed by atoms with van der Waals surface area (Å²) in [7, 11) is 0. The average molecular weight is 371 g/mol. The van der Waals surface area contributed by atoms with Crippen LogP contribution in [0.5, 0.6) is 0 Å². The van der Waals surface area contributed by atoms with Gasteiger partial charge < -0.3 is 10.6 Å². The van der Waals surface area contributed by atoms with Gasteiger partial charge in [0.1, 0.15) is 0 Å². The fraction of sp³-hybridized carbons (Fsp3) is 0.600. The highest BCUT2D eigenvalue weighted by atomic mass is 15.2. The summed E-state index contributed by atoms with van der Waals surface area (Å²) in [6.07, 6.45) is 10.9. The molecule has 1 saturated heterocycles. The van der Waals surface area contributed by atoms with Gasteiger partial charge in [0.05, 0.1) is 0 Å². The summed E-state index contributed by atoms with van der Waals surface area (Å²) in [5.41, 5.74) is 9.32. The minimum absolute atomic E-state index is 0.819. The molecule has 0 spiro atoms. The number of rotatable bonds is 5. The highest BCUT2D eigenvalue weighted by molar-refractivity contribution is 5.29. The molecule has 2 fully saturated rings. The highest BCUT2D eigenvalue weighted by Gasteiger charge is 2.18. The molecule has 1 saturated carbocycles. The van der Waals surface area contributed by atoms with E-state index in [4.69, 9.17) is 5.73 Å². The molecule has 0 bridgehead atoms. The fourth-order valence-corrected chi connectivity index (χ4v) is 3.80. The molecule has 1 aromatic carbocycles. The van der Waals surface area contributed by atoms with Crippen molar-refractivity contribution in [1.29, 1.82) is 0 Å². The Balaban J connectivity index is 0.000000227. The molecule has 2 heteroatoms. The molecule has 0 aromatic heterocycles. The maximum Gasteiger partial charge on any atom is 0.0201 e. The zero-order valence-corrected chi connectivity index (χ0v) is 18.1. The first-order valence-electron chi connectivity index (χ1n) is 10.8. The van der Waals surface area contributed by atoms with E-state index in [9.17, 15) is 0 Å². The molecule has 0 radical (unpaired) electrons. The van der Waals surface area contributed by atoms with Crippen LogP contribution in [-0.2, 0) is 0 Å². The summed E-state index contributed by atoms with van der Waals surface area (Å²) in [5, 5.41) is 0. The normalized spacial score (nSPS) is 19.0. The Hall–Kier alpha value is -1.54. The molecule has 2 nitrogen and oxygen atoms in total. The molecule has 1 aliphatic heterocycles. The van der Waals surface area contributed by atoms with Crippen LogP contribution in [0.4, 0.5) is 0 Å². The van der Waals surface area contributed by atoms with Crippen molar-refractivity contribution >= 4 is 0 Å². The van der Waals surface area contributed by atoms with Crippen LogP contribution in [0.2, 0.25) is 0 Å². The Morgan fingerprint density at radius 3 is 2.33 bits per heavy atom. The van der Waals surface area contributed by atoms with Gasteiger partial charge in [0, 0.05) is 25.2 Å². The van der Waals surface area contributed by atoms with Gasteiger partial charge >= 0.3 is 0 Å². The number of hydrogen-bond donors (Lipinski definition) is 1. The molecule has 0 unspecified atom stereocenters. The van der Waals surface area contributed by atoms with Crippen LogP contribution in [-0.4, -0.2) is 24.5 Å². The van der Waals surface area contributed by atoms with Crippen LogP contribution in [0.25, 0.3) is 0 Å². The molecule has 27 heavy (non-hydrogen) atoms. The van der Waals surface area contributed by atoms with E-state index < -0.39 is 0 Å². The Bertz CT molecular complexity index is 541. The van der Waals surface area contributed by atoms with E-state index >= 15 is 0 Å². The predicted molar refractivity (Wildman–Crippen MR) is 121 cm³/mol. The molecule has 1 heterocycles. The van der Waals surface area contributed by atoms with Crippen molar-refractivity contribution in [2.45, 2.75) is 71.6 Å². The topological polar surface area (TPSA) is 29.3 Å². The van der Waals surface area contributed by atoms with E-state index in [0.29, 0.717) is 0 Å². The molecule has 2 aliphatic rings. The number of allylic oxidation sites excluding steroid dienone is 1. The van der Waals surface area contributed by atoms with Crippen LogP contribution >= 0.6 is 0 Å². The van der Waals surface area contributed by atoms with E-state index in [1.54, 1.807) is 5.56 Å². The van der Waals surface area contributed by atoms with E-state index in [1.807, 2.05) is 6.08 Å². The molecule has 1 aromatic rings. The van der Waals surface area contributed by atoms with Gasteiger partial charge in [-0.3, -0.25) is 0 Å². The first-order chi connectivity index (χ1) is 13.0. The first-order valence-corrected chi connectivity index (χ1v) is 10.8. The number of aryl methyl sites for hydroxylation is 1. The lowest BCUT2D eigenvalue weighted by Crippen LogP contribution is -2.18. The van der Waals surface area contributed by atoms with E-state index in [0.717, 1.165) is 31.2 Å². The van der Waals surface area contributed by atoms with E-state index in [1.165, 1.54) is 56.5 Å². The maximum atomic E-state index is 5.03. The number of hydrogen-bond acceptors (Lipinski definition) is 2. The second-order valence-electron chi connectivity index (χ2n) is 8.03. The summed E-state index contributed by atoms with van der Waals surface area (Å²) >= 11 is 0. The fourth-order valence-electron chi connectivity index (χ4n) is 3.80. The smallest absolute Gasteiger partial charge is 0.0201 e. The van der Waals surface area contributed by atoms with Gasteiger partial charge in [-0.25, -0.2) is 0 Å². The SMILES string of the molecule is C=CCC(=C)N1CC[C@@H](C)C1.CCCN.Cc1ccccc1C1CCCC1. The van der Waals surface area contributed by atoms with Crippen molar-refractivity contribution in [3.05, 3.63) is 60.3 Å². The van der Waals surface area contributed by atoms with Crippen LogP contribution in [0.15, 0.2) is 49.2 Å². The molecule has 152 valence electrons. The quantitative estimate of drug-likeness (QED) is 0.605. The lowest BCUT2D eigenvalue weighted by atomic mass is 9.94. The zero-order valence-electron chi connectivity index (χ0n) is 18.1. The summed E-state index contributed by atoms with van der Waals surface area (Å²) in [4.78, 5) is 2.37. The van der Waals surface area contributed by atoms with Crippen molar-refractivity contribution in [3.8, 4) is 0 Å². The van der Waals surface area contributed by atoms with Crippen LogP contribution in [0.1, 0.15) is 75.8 Å². The third-order valence-electron chi connectivity index (χ3n) is 5.52. The monoisotopic (exact) mass is 370 g/mol. The van der Waals surface area contributed by atoms with E-state index in [-0.39, 0.29) is 0 Å². The van der Waals surface area contributed by atoms with Crippen molar-refractivity contribution in [2.75, 3.05) is 19.6 Å². The molecular formula is C25H42N2. The Labute approximate surface area is 168 Å². The molecule has 2 N–H and O–H groups in total. The van der Waals surface area contributed by atoms with Crippen LogP contribution in [0.3, 0.4) is 0 Å². The van der Waals surface area contributed by atoms with E-state index in [2.05, 4.69) is 63.1 Å². The van der Waals surface area contributed by atoms with Gasteiger partial charge in [0.25, 0.3) is 0 Å². The molecule has 1 aliphatic carbocycles. The van der Waals surface area contributed by atoms with Crippen molar-refractivity contribution < 1.29 is 0 Å². The van der Waals surface area contributed by atoms with Gasteiger partial charge in [-0.2, -0.15) is 0 Å². The summed E-state index contributed by atoms with van der Waals surface area (Å²) in [6, 6.07) is 8.83. The number of nitrogens with two attached hydrogens (primary N) is 1. The largest absolute Gasteiger partial charge is 0.375 e. The molecule has 1 atom stereocenters. The summed E-state index contributed by atoms with van der Waals surface area (Å²) in [5.74, 6) is 1.71. The second kappa shape index (κ2) is 13.6. The number of nitrogens with zero attached hydrogens (tertiary/aromatic N) is 1. The minimum atomic E-state index is 0.819. The minimum Gasteiger partial charge on any atom is -0.375 e. The first kappa shape index (κ1) is 23.5. The molecule has 3 rings (SSSR count). The Morgan fingerprint density at radius 1 is 1.22 bits per heavy atom. The van der Waals surface area contributed by atoms with Crippen molar-refractivity contribution in [1.82, 2.24) is 4.90 Å². The van der Waals surface area contributed by atoms with Crippen LogP contribution < -0.4 is 5.73 Å². The second-order valence-corrected chi connectivity index (χ2v) is 8.03. The predicted octanol–water partition coefficient (Wildman–Crippen LogP) is 6.43. The maximum absolute atomic E-state index is 5.03. The Kier molecular flexibility index (Phi) is 11.8. The summed E-state index contributed by atoms with van der Waals surface area (Å²) in [6.45, 7) is 17.5. The average Bonchev–Trinajstić information content (AvgIpc) is 3.35. The highest BCUT2D eigenvalue weighted by Crippen LogP contribution is 2.35. The van der Waals surface area contributed by atoms with Crippen molar-refractivity contribution in [2.24, 2.45) is 11.7 Å². The van der Waals surface area contributed by atoms with Crippen molar-refractivity contribution in [3.63, 3.8) is 0 Å². The third kappa shape index (κ3) is 8.79. The van der Waals surface area contributed by atoms with Gasteiger partial charge in [-0.05, 0) is 62.1 Å². The summed E-state index contributed by atoms with van der Waals surface area (Å²) < 4.78 is 0. The van der Waals surface area contributed by atoms with Gasteiger partial charge in [0.2, 0.25) is 0 Å². The molecular weight excluding hydrogens is 328 g/mol. The molecule has 0 amide bonds.